The number of carbonyl (C=O) groups excluding carboxylic acids is 1. The Hall–Kier alpha value is -2.14. The molecule has 2 heterocycles. The lowest BCUT2D eigenvalue weighted by Crippen LogP contribution is -2.33. The molecule has 102 valence electrons. The first kappa shape index (κ1) is 12.9. The molecule has 1 amide bonds. The zero-order chi connectivity index (χ0) is 13.9. The topological polar surface area (TPSA) is 66.9 Å². The number of amides is 1. The van der Waals surface area contributed by atoms with Crippen molar-refractivity contribution in [2.24, 2.45) is 5.92 Å². The van der Waals surface area contributed by atoms with Crippen molar-refractivity contribution in [3.63, 3.8) is 0 Å². The monoisotopic (exact) mass is 288 g/mol. The van der Waals surface area contributed by atoms with E-state index in [4.69, 9.17) is 11.6 Å². The number of halogens is 1. The van der Waals surface area contributed by atoms with Gasteiger partial charge in [0.25, 0.3) is 0 Å². The molecule has 0 aliphatic carbocycles. The Morgan fingerprint density at radius 3 is 3.05 bits per heavy atom. The molecule has 5 nitrogen and oxygen atoms in total. The Morgan fingerprint density at radius 1 is 1.35 bits per heavy atom. The average molecular weight is 289 g/mol. The highest BCUT2D eigenvalue weighted by molar-refractivity contribution is 6.29. The van der Waals surface area contributed by atoms with Crippen LogP contribution in [0.5, 0.6) is 0 Å². The van der Waals surface area contributed by atoms with Gasteiger partial charge in [-0.2, -0.15) is 0 Å². The second kappa shape index (κ2) is 5.46. The molecular formula is C14H13ClN4O. The van der Waals surface area contributed by atoms with Gasteiger partial charge in [-0.3, -0.25) is 4.79 Å². The summed E-state index contributed by atoms with van der Waals surface area (Å²) in [6.07, 6.45) is 2.04. The van der Waals surface area contributed by atoms with Gasteiger partial charge in [-0.25, -0.2) is 9.97 Å². The molecule has 1 aromatic carbocycles. The minimum absolute atomic E-state index is 0.0678. The van der Waals surface area contributed by atoms with Crippen molar-refractivity contribution in [3.8, 4) is 0 Å². The Morgan fingerprint density at radius 2 is 2.20 bits per heavy atom. The van der Waals surface area contributed by atoms with Crippen molar-refractivity contribution >= 4 is 29.0 Å². The van der Waals surface area contributed by atoms with Crippen molar-refractivity contribution in [2.45, 2.75) is 6.42 Å². The van der Waals surface area contributed by atoms with Crippen LogP contribution in [0.1, 0.15) is 5.56 Å². The lowest BCUT2D eigenvalue weighted by Gasteiger charge is -2.25. The van der Waals surface area contributed by atoms with Crippen LogP contribution in [0, 0.1) is 5.92 Å². The van der Waals surface area contributed by atoms with Gasteiger partial charge in [-0.1, -0.05) is 29.8 Å². The van der Waals surface area contributed by atoms with Crippen LogP contribution < -0.4 is 10.6 Å². The summed E-state index contributed by atoms with van der Waals surface area (Å²) in [7, 11) is 0. The van der Waals surface area contributed by atoms with Crippen LogP contribution in [0.25, 0.3) is 0 Å². The van der Waals surface area contributed by atoms with Crippen molar-refractivity contribution in [2.75, 3.05) is 17.2 Å². The van der Waals surface area contributed by atoms with Crippen molar-refractivity contribution in [1.82, 2.24) is 9.97 Å². The Kier molecular flexibility index (Phi) is 3.52. The first-order valence-electron chi connectivity index (χ1n) is 6.32. The number of nitrogens with zero attached hydrogens (tertiary/aromatic N) is 2. The van der Waals surface area contributed by atoms with Crippen LogP contribution in [0.2, 0.25) is 5.15 Å². The number of aromatic nitrogens is 2. The molecule has 3 rings (SSSR count). The third-order valence-electron chi connectivity index (χ3n) is 3.28. The van der Waals surface area contributed by atoms with Crippen LogP contribution in [0.3, 0.4) is 0 Å². The minimum Gasteiger partial charge on any atom is -0.384 e. The van der Waals surface area contributed by atoms with Crippen LogP contribution in [-0.4, -0.2) is 22.4 Å². The van der Waals surface area contributed by atoms with Gasteiger partial charge in [-0.05, 0) is 18.1 Å². The summed E-state index contributed by atoms with van der Waals surface area (Å²) in [5.41, 5.74) is 2.25. The third kappa shape index (κ3) is 2.72. The lowest BCUT2D eigenvalue weighted by molar-refractivity contribution is -0.119. The first-order chi connectivity index (χ1) is 9.72. The molecule has 20 heavy (non-hydrogen) atoms. The third-order valence-corrected chi connectivity index (χ3v) is 3.49. The molecule has 0 saturated carbocycles. The van der Waals surface area contributed by atoms with Crippen molar-refractivity contribution in [3.05, 3.63) is 47.4 Å². The number of nitrogens with one attached hydrogen (secondary N) is 2. The second-order valence-corrected chi connectivity index (χ2v) is 5.04. The molecule has 1 unspecified atom stereocenters. The summed E-state index contributed by atoms with van der Waals surface area (Å²) >= 11 is 5.77. The normalized spacial score (nSPS) is 16.9. The van der Waals surface area contributed by atoms with E-state index in [0.717, 1.165) is 11.3 Å². The maximum absolute atomic E-state index is 12.2. The molecule has 0 bridgehead atoms. The van der Waals surface area contributed by atoms with E-state index in [1.165, 1.54) is 12.4 Å². The van der Waals surface area contributed by atoms with E-state index in [1.54, 1.807) is 0 Å². The zero-order valence-electron chi connectivity index (χ0n) is 10.6. The van der Waals surface area contributed by atoms with E-state index in [0.29, 0.717) is 23.9 Å². The van der Waals surface area contributed by atoms with E-state index in [1.807, 2.05) is 24.3 Å². The van der Waals surface area contributed by atoms with E-state index in [2.05, 4.69) is 20.6 Å². The van der Waals surface area contributed by atoms with Gasteiger partial charge in [0, 0.05) is 18.3 Å². The second-order valence-electron chi connectivity index (χ2n) is 4.65. The Labute approximate surface area is 121 Å². The zero-order valence-corrected chi connectivity index (χ0v) is 11.4. The number of benzene rings is 1. The summed E-state index contributed by atoms with van der Waals surface area (Å²) in [5.74, 6) is 0.231. The summed E-state index contributed by atoms with van der Waals surface area (Å²) in [6, 6.07) is 9.54. The number of fused-ring (bicyclic) bond motifs is 1. The number of hydrogen-bond acceptors (Lipinski definition) is 4. The molecule has 1 aliphatic heterocycles. The van der Waals surface area contributed by atoms with E-state index >= 15 is 0 Å². The molecule has 2 aromatic rings. The number of carbonyl (C=O) groups is 1. The maximum Gasteiger partial charge on any atom is 0.230 e. The number of para-hydroxylation sites is 1. The lowest BCUT2D eigenvalue weighted by atomic mass is 9.93. The average Bonchev–Trinajstić information content (AvgIpc) is 2.47. The molecule has 0 spiro atoms. The summed E-state index contributed by atoms with van der Waals surface area (Å²) in [6.45, 7) is 0.613. The van der Waals surface area contributed by atoms with Gasteiger partial charge in [-0.15, -0.1) is 0 Å². The molecule has 1 aliphatic rings. The molecule has 0 saturated heterocycles. The Bertz CT molecular complexity index is 647. The summed E-state index contributed by atoms with van der Waals surface area (Å²) in [5, 5.41) is 6.35. The van der Waals surface area contributed by atoms with Crippen LogP contribution in [0.15, 0.2) is 36.7 Å². The van der Waals surface area contributed by atoms with Crippen LogP contribution >= 0.6 is 11.6 Å². The van der Waals surface area contributed by atoms with Crippen molar-refractivity contribution in [1.29, 1.82) is 0 Å². The molecule has 0 radical (unpaired) electrons. The predicted molar refractivity (Wildman–Crippen MR) is 77.8 cm³/mol. The van der Waals surface area contributed by atoms with E-state index in [-0.39, 0.29) is 11.8 Å². The van der Waals surface area contributed by atoms with Gasteiger partial charge in [0.05, 0.1) is 5.92 Å². The molecular weight excluding hydrogens is 276 g/mol. The first-order valence-corrected chi connectivity index (χ1v) is 6.70. The van der Waals surface area contributed by atoms with Gasteiger partial charge in [0.15, 0.2) is 0 Å². The van der Waals surface area contributed by atoms with Crippen LogP contribution in [-0.2, 0) is 11.2 Å². The van der Waals surface area contributed by atoms with E-state index < -0.39 is 0 Å². The summed E-state index contributed by atoms with van der Waals surface area (Å²) in [4.78, 5) is 20.0. The Balaban J connectivity index is 1.70. The quantitative estimate of drug-likeness (QED) is 0.833. The highest BCUT2D eigenvalue weighted by Crippen LogP contribution is 2.25. The molecule has 1 aromatic heterocycles. The van der Waals surface area contributed by atoms with Gasteiger partial charge in [0.1, 0.15) is 17.3 Å². The highest BCUT2D eigenvalue weighted by atomic mass is 35.5. The standard InChI is InChI=1S/C14H13ClN4O/c15-12-6-13(18-8-17-12)19-14(20)10-5-9-3-1-2-4-11(9)16-7-10/h1-4,6,8,10,16H,5,7H2,(H,17,18,19,20). The largest absolute Gasteiger partial charge is 0.384 e. The van der Waals surface area contributed by atoms with Gasteiger partial charge >= 0.3 is 0 Å². The van der Waals surface area contributed by atoms with Crippen molar-refractivity contribution < 1.29 is 4.79 Å². The molecule has 1 atom stereocenters. The number of hydrogen-bond donors (Lipinski definition) is 2. The fourth-order valence-electron chi connectivity index (χ4n) is 2.26. The summed E-state index contributed by atoms with van der Waals surface area (Å²) < 4.78 is 0. The SMILES string of the molecule is O=C(Nc1cc(Cl)ncn1)C1CNc2ccccc2C1. The van der Waals surface area contributed by atoms with Gasteiger partial charge < -0.3 is 10.6 Å². The fourth-order valence-corrected chi connectivity index (χ4v) is 2.40. The minimum atomic E-state index is -0.126. The maximum atomic E-state index is 12.2. The molecule has 2 N–H and O–H groups in total. The predicted octanol–water partition coefficient (Wildman–Crippen LogP) is 2.35. The van der Waals surface area contributed by atoms with Crippen LogP contribution in [0.4, 0.5) is 11.5 Å². The smallest absolute Gasteiger partial charge is 0.230 e. The fraction of sp³-hybridized carbons (Fsp3) is 0.214. The van der Waals surface area contributed by atoms with E-state index in [9.17, 15) is 4.79 Å². The highest BCUT2D eigenvalue weighted by Gasteiger charge is 2.24. The van der Waals surface area contributed by atoms with Gasteiger partial charge in [0.2, 0.25) is 5.91 Å². The molecule has 0 fully saturated rings. The number of rotatable bonds is 2. The molecule has 6 heteroatoms. The number of anilines is 2.